The molecule has 0 aliphatic rings. The van der Waals surface area contributed by atoms with Gasteiger partial charge in [0.25, 0.3) is 0 Å². The summed E-state index contributed by atoms with van der Waals surface area (Å²) >= 11 is 0. The Kier molecular flexibility index (Phi) is 32.6. The van der Waals surface area contributed by atoms with Crippen molar-refractivity contribution in [2.75, 3.05) is 0 Å². The second kappa shape index (κ2) is 33.4. The number of hydrogen-bond acceptors (Lipinski definition) is 3. The lowest BCUT2D eigenvalue weighted by molar-refractivity contribution is -0.150. The van der Waals surface area contributed by atoms with Crippen LogP contribution in [0.25, 0.3) is 0 Å². The molecule has 0 rings (SSSR count). The first-order chi connectivity index (χ1) is 20.1. The molecule has 0 saturated carbocycles. The molecule has 244 valence electrons. The average Bonchev–Trinajstić information content (AvgIpc) is 2.95. The number of carboxylic acids is 1. The van der Waals surface area contributed by atoms with Gasteiger partial charge in [-0.2, -0.15) is 0 Å². The zero-order valence-electron chi connectivity index (χ0n) is 27.9. The SMILES string of the molecule is CCCCCCCCCCCCCCCCCCCCCC(=O)OC(CCCCCCCC)CCCCCC(=O)O. The Balaban J connectivity index is 3.69. The molecule has 0 heterocycles. The van der Waals surface area contributed by atoms with Crippen LogP contribution in [-0.2, 0) is 14.3 Å². The Bertz CT molecular complexity index is 547. The number of unbranched alkanes of at least 4 members (excludes halogenated alkanes) is 25. The third kappa shape index (κ3) is 33.3. The van der Waals surface area contributed by atoms with Gasteiger partial charge in [-0.05, 0) is 38.5 Å². The summed E-state index contributed by atoms with van der Waals surface area (Å²) in [4.78, 5) is 23.2. The first-order valence-electron chi connectivity index (χ1n) is 18.5. The molecule has 0 saturated heterocycles. The van der Waals surface area contributed by atoms with Crippen LogP contribution in [0.2, 0.25) is 0 Å². The fourth-order valence-electron chi connectivity index (χ4n) is 5.83. The van der Waals surface area contributed by atoms with E-state index < -0.39 is 5.97 Å². The van der Waals surface area contributed by atoms with Gasteiger partial charge in [0.15, 0.2) is 0 Å². The van der Waals surface area contributed by atoms with Crippen molar-refractivity contribution in [1.82, 2.24) is 0 Å². The summed E-state index contributed by atoms with van der Waals surface area (Å²) in [7, 11) is 0. The minimum Gasteiger partial charge on any atom is -0.481 e. The lowest BCUT2D eigenvalue weighted by atomic mass is 10.0. The Morgan fingerprint density at radius 3 is 1.10 bits per heavy atom. The van der Waals surface area contributed by atoms with Crippen molar-refractivity contribution in [1.29, 1.82) is 0 Å². The van der Waals surface area contributed by atoms with Crippen molar-refractivity contribution in [2.45, 2.75) is 225 Å². The highest BCUT2D eigenvalue weighted by Crippen LogP contribution is 2.18. The number of hydrogen-bond donors (Lipinski definition) is 1. The van der Waals surface area contributed by atoms with Gasteiger partial charge in [-0.25, -0.2) is 0 Å². The summed E-state index contributed by atoms with van der Waals surface area (Å²) < 4.78 is 5.89. The number of ether oxygens (including phenoxy) is 1. The number of carbonyl (C=O) groups excluding carboxylic acids is 1. The van der Waals surface area contributed by atoms with Crippen molar-refractivity contribution in [3.63, 3.8) is 0 Å². The molecule has 0 radical (unpaired) electrons. The number of carbonyl (C=O) groups is 2. The molecule has 0 spiro atoms. The maximum atomic E-state index is 12.5. The van der Waals surface area contributed by atoms with Crippen LogP contribution in [-0.4, -0.2) is 23.1 Å². The quantitative estimate of drug-likeness (QED) is 0.0607. The predicted molar refractivity (Wildman–Crippen MR) is 177 cm³/mol. The topological polar surface area (TPSA) is 63.6 Å². The van der Waals surface area contributed by atoms with Crippen LogP contribution >= 0.6 is 0 Å². The molecule has 1 N–H and O–H groups in total. The Morgan fingerprint density at radius 1 is 0.439 bits per heavy atom. The fraction of sp³-hybridized carbons (Fsp3) is 0.946. The van der Waals surface area contributed by atoms with E-state index in [4.69, 9.17) is 9.84 Å². The molecule has 0 fully saturated rings. The maximum absolute atomic E-state index is 12.5. The van der Waals surface area contributed by atoms with Gasteiger partial charge in [0.2, 0.25) is 0 Å². The number of esters is 1. The highest BCUT2D eigenvalue weighted by molar-refractivity contribution is 5.69. The van der Waals surface area contributed by atoms with Crippen molar-refractivity contribution in [3.8, 4) is 0 Å². The number of carboxylic acid groups (broad SMARTS) is 1. The van der Waals surface area contributed by atoms with E-state index in [2.05, 4.69) is 13.8 Å². The Hall–Kier alpha value is -1.06. The smallest absolute Gasteiger partial charge is 0.306 e. The standard InChI is InChI=1S/C37H72O4/c1-3-5-7-9-11-12-13-14-15-16-17-18-19-20-21-22-23-25-30-34-37(40)41-35(31-27-24-10-8-6-4-2)32-28-26-29-33-36(38)39/h35H,3-34H2,1-2H3,(H,38,39). The lowest BCUT2D eigenvalue weighted by Crippen LogP contribution is -2.18. The molecule has 0 aliphatic heterocycles. The molecule has 0 aliphatic carbocycles. The molecule has 41 heavy (non-hydrogen) atoms. The van der Waals surface area contributed by atoms with Crippen LogP contribution in [0.3, 0.4) is 0 Å². The highest BCUT2D eigenvalue weighted by atomic mass is 16.5. The van der Waals surface area contributed by atoms with E-state index in [0.29, 0.717) is 12.8 Å². The second-order valence-electron chi connectivity index (χ2n) is 12.8. The molecule has 0 amide bonds. The molecule has 4 heteroatoms. The third-order valence-electron chi connectivity index (χ3n) is 8.58. The summed E-state index contributed by atoms with van der Waals surface area (Å²) in [6.07, 6.45) is 38.5. The van der Waals surface area contributed by atoms with Gasteiger partial charge in [0.05, 0.1) is 0 Å². The van der Waals surface area contributed by atoms with Gasteiger partial charge < -0.3 is 9.84 Å². The highest BCUT2D eigenvalue weighted by Gasteiger charge is 2.14. The Morgan fingerprint density at radius 2 is 0.732 bits per heavy atom. The van der Waals surface area contributed by atoms with E-state index in [1.54, 1.807) is 0 Å². The minimum absolute atomic E-state index is 0.0128. The van der Waals surface area contributed by atoms with Crippen LogP contribution in [0.5, 0.6) is 0 Å². The number of rotatable bonds is 34. The third-order valence-corrected chi connectivity index (χ3v) is 8.58. The van der Waals surface area contributed by atoms with Crippen molar-refractivity contribution in [2.24, 2.45) is 0 Å². The molecule has 0 aromatic carbocycles. The van der Waals surface area contributed by atoms with Gasteiger partial charge in [-0.1, -0.05) is 168 Å². The van der Waals surface area contributed by atoms with E-state index in [1.807, 2.05) is 0 Å². The van der Waals surface area contributed by atoms with Crippen LogP contribution in [0, 0.1) is 0 Å². The van der Waals surface area contributed by atoms with E-state index in [9.17, 15) is 9.59 Å². The summed E-state index contributed by atoms with van der Waals surface area (Å²) in [5.41, 5.74) is 0. The van der Waals surface area contributed by atoms with Gasteiger partial charge in [-0.3, -0.25) is 9.59 Å². The summed E-state index contributed by atoms with van der Waals surface area (Å²) in [5, 5.41) is 8.83. The van der Waals surface area contributed by atoms with E-state index in [1.165, 1.54) is 141 Å². The van der Waals surface area contributed by atoms with Gasteiger partial charge in [0.1, 0.15) is 6.10 Å². The molecular formula is C37H72O4. The zero-order valence-corrected chi connectivity index (χ0v) is 27.9. The molecule has 0 aromatic rings. The van der Waals surface area contributed by atoms with Crippen LogP contribution in [0.1, 0.15) is 219 Å². The van der Waals surface area contributed by atoms with Gasteiger partial charge in [0, 0.05) is 12.8 Å². The second-order valence-corrected chi connectivity index (χ2v) is 12.8. The zero-order chi connectivity index (χ0) is 30.1. The minimum atomic E-state index is -0.723. The van der Waals surface area contributed by atoms with Crippen molar-refractivity contribution < 1.29 is 19.4 Å². The predicted octanol–water partition coefficient (Wildman–Crippen LogP) is 12.5. The molecule has 0 aromatic heterocycles. The summed E-state index contributed by atoms with van der Waals surface area (Å²) in [5.74, 6) is -0.752. The largest absolute Gasteiger partial charge is 0.481 e. The maximum Gasteiger partial charge on any atom is 0.306 e. The van der Waals surface area contributed by atoms with Gasteiger partial charge >= 0.3 is 11.9 Å². The summed E-state index contributed by atoms with van der Waals surface area (Å²) in [6.45, 7) is 4.52. The first-order valence-corrected chi connectivity index (χ1v) is 18.5. The lowest BCUT2D eigenvalue weighted by Gasteiger charge is -2.18. The Labute approximate surface area is 256 Å². The molecule has 0 bridgehead atoms. The number of aliphatic carboxylic acids is 1. The van der Waals surface area contributed by atoms with Crippen LogP contribution in [0.15, 0.2) is 0 Å². The molecule has 4 nitrogen and oxygen atoms in total. The van der Waals surface area contributed by atoms with Crippen LogP contribution < -0.4 is 0 Å². The first kappa shape index (κ1) is 39.9. The van der Waals surface area contributed by atoms with E-state index >= 15 is 0 Å². The fourth-order valence-corrected chi connectivity index (χ4v) is 5.83. The van der Waals surface area contributed by atoms with Crippen molar-refractivity contribution >= 4 is 11.9 Å². The average molecular weight is 581 g/mol. The van der Waals surface area contributed by atoms with Crippen molar-refractivity contribution in [3.05, 3.63) is 0 Å². The van der Waals surface area contributed by atoms with E-state index in [0.717, 1.165) is 44.9 Å². The van der Waals surface area contributed by atoms with Gasteiger partial charge in [-0.15, -0.1) is 0 Å². The van der Waals surface area contributed by atoms with E-state index in [-0.39, 0.29) is 18.5 Å². The molecular weight excluding hydrogens is 508 g/mol. The van der Waals surface area contributed by atoms with Crippen LogP contribution in [0.4, 0.5) is 0 Å². The normalized spacial score (nSPS) is 12.0. The molecule has 1 unspecified atom stereocenters. The summed E-state index contributed by atoms with van der Waals surface area (Å²) in [6, 6.07) is 0. The monoisotopic (exact) mass is 581 g/mol. The molecule has 1 atom stereocenters.